The highest BCUT2D eigenvalue weighted by molar-refractivity contribution is 7.85. The maximum atomic E-state index is 11.4. The molecule has 2 aromatic rings. The van der Waals surface area contributed by atoms with Crippen LogP contribution in [0.1, 0.15) is 40.5 Å². The van der Waals surface area contributed by atoms with E-state index in [-0.39, 0.29) is 4.90 Å². The van der Waals surface area contributed by atoms with Crippen LogP contribution >= 0.6 is 0 Å². The van der Waals surface area contributed by atoms with Crippen LogP contribution < -0.4 is 9.47 Å². The maximum Gasteiger partial charge on any atom is 0.128 e. The van der Waals surface area contributed by atoms with Gasteiger partial charge in [-0.15, -0.1) is 0 Å². The van der Waals surface area contributed by atoms with Crippen LogP contribution in [0.2, 0.25) is 0 Å². The van der Waals surface area contributed by atoms with Gasteiger partial charge < -0.3 is 14.0 Å². The van der Waals surface area contributed by atoms with E-state index in [0.717, 1.165) is 18.2 Å². The van der Waals surface area contributed by atoms with Crippen molar-refractivity contribution in [2.24, 2.45) is 11.8 Å². The van der Waals surface area contributed by atoms with Crippen molar-refractivity contribution in [3.8, 4) is 11.5 Å². The first kappa shape index (κ1) is 20.5. The molecule has 0 atom stereocenters. The summed E-state index contributed by atoms with van der Waals surface area (Å²) in [5.74, 6) is 2.11. The minimum absolute atomic E-state index is 0.280. The second kappa shape index (κ2) is 8.73. The molecule has 0 bridgehead atoms. The highest BCUT2D eigenvalue weighted by Crippen LogP contribution is 2.33. The summed E-state index contributed by atoms with van der Waals surface area (Å²) in [4.78, 5) is -0.280. The third kappa shape index (κ3) is 5.88. The molecule has 0 amide bonds. The number of ether oxygens (including phenoxy) is 2. The van der Waals surface area contributed by atoms with E-state index in [1.807, 2.05) is 6.07 Å². The van der Waals surface area contributed by atoms with Crippen LogP contribution in [-0.4, -0.2) is 26.2 Å². The predicted molar refractivity (Wildman–Crippen MR) is 102 cm³/mol. The number of hydrogen-bond acceptors (Lipinski definition) is 5. The maximum absolute atomic E-state index is 11.4. The smallest absolute Gasteiger partial charge is 0.128 e. The molecule has 0 spiro atoms. The van der Waals surface area contributed by atoms with E-state index in [0.29, 0.717) is 41.9 Å². The van der Waals surface area contributed by atoms with Crippen molar-refractivity contribution in [3.05, 3.63) is 30.3 Å². The summed E-state index contributed by atoms with van der Waals surface area (Å²) in [6, 6.07) is 8.06. The minimum atomic E-state index is -4.55. The van der Waals surface area contributed by atoms with Crippen molar-refractivity contribution in [3.63, 3.8) is 0 Å². The summed E-state index contributed by atoms with van der Waals surface area (Å²) in [6.07, 6.45) is 1.78. The summed E-state index contributed by atoms with van der Waals surface area (Å²) in [7, 11) is -4.55. The minimum Gasteiger partial charge on any atom is -0.744 e. The first-order valence-electron chi connectivity index (χ1n) is 8.96. The molecule has 0 radical (unpaired) electrons. The lowest BCUT2D eigenvalue weighted by Crippen LogP contribution is -2.05. The van der Waals surface area contributed by atoms with Crippen LogP contribution in [0, 0.1) is 11.8 Å². The van der Waals surface area contributed by atoms with E-state index in [9.17, 15) is 13.0 Å². The zero-order chi connectivity index (χ0) is 19.3. The first-order valence-corrected chi connectivity index (χ1v) is 10.4. The largest absolute Gasteiger partial charge is 0.744 e. The van der Waals surface area contributed by atoms with Gasteiger partial charge in [0.15, 0.2) is 0 Å². The molecule has 0 saturated heterocycles. The van der Waals surface area contributed by atoms with E-state index in [2.05, 4.69) is 27.7 Å². The molecule has 0 heterocycles. The quantitative estimate of drug-likeness (QED) is 0.596. The second-order valence-electron chi connectivity index (χ2n) is 7.32. The van der Waals surface area contributed by atoms with Gasteiger partial charge in [-0.2, -0.15) is 0 Å². The van der Waals surface area contributed by atoms with Crippen LogP contribution in [0.15, 0.2) is 35.2 Å². The van der Waals surface area contributed by atoms with Crippen LogP contribution in [0.3, 0.4) is 0 Å². The van der Waals surface area contributed by atoms with Crippen LogP contribution in [0.25, 0.3) is 10.8 Å². The Labute approximate surface area is 156 Å². The zero-order valence-corrected chi connectivity index (χ0v) is 16.6. The van der Waals surface area contributed by atoms with Gasteiger partial charge in [-0.3, -0.25) is 0 Å². The molecule has 2 aromatic carbocycles. The topological polar surface area (TPSA) is 75.7 Å². The van der Waals surface area contributed by atoms with Gasteiger partial charge >= 0.3 is 0 Å². The van der Waals surface area contributed by atoms with Crippen LogP contribution in [0.5, 0.6) is 11.5 Å². The average molecular weight is 379 g/mol. The first-order chi connectivity index (χ1) is 12.2. The fourth-order valence-electron chi connectivity index (χ4n) is 2.45. The van der Waals surface area contributed by atoms with Gasteiger partial charge in [-0.05, 0) is 54.3 Å². The van der Waals surface area contributed by atoms with Gasteiger partial charge in [-0.1, -0.05) is 33.8 Å². The lowest BCUT2D eigenvalue weighted by molar-refractivity contribution is 0.287. The van der Waals surface area contributed by atoms with Gasteiger partial charge in [0.25, 0.3) is 0 Å². The molecular formula is C20H27O5S-. The molecule has 0 unspecified atom stereocenters. The molecule has 0 N–H and O–H groups in total. The normalized spacial score (nSPS) is 12.1. The Bertz CT molecular complexity index is 841. The van der Waals surface area contributed by atoms with Gasteiger partial charge in [-0.25, -0.2) is 8.42 Å². The van der Waals surface area contributed by atoms with Crippen molar-refractivity contribution in [2.45, 2.75) is 45.4 Å². The fraction of sp³-hybridized carbons (Fsp3) is 0.500. The molecule has 26 heavy (non-hydrogen) atoms. The number of fused-ring (bicyclic) bond motifs is 1. The summed E-state index contributed by atoms with van der Waals surface area (Å²) >= 11 is 0. The highest BCUT2D eigenvalue weighted by atomic mass is 32.2. The molecule has 6 heteroatoms. The van der Waals surface area contributed by atoms with Crippen molar-refractivity contribution < 1.29 is 22.4 Å². The van der Waals surface area contributed by atoms with Crippen LogP contribution in [0.4, 0.5) is 0 Å². The molecule has 144 valence electrons. The van der Waals surface area contributed by atoms with Crippen molar-refractivity contribution in [1.82, 2.24) is 0 Å². The second-order valence-corrected chi connectivity index (χ2v) is 8.70. The third-order valence-corrected chi connectivity index (χ3v) is 4.88. The van der Waals surface area contributed by atoms with E-state index in [1.54, 1.807) is 12.1 Å². The van der Waals surface area contributed by atoms with Crippen LogP contribution in [-0.2, 0) is 10.1 Å². The average Bonchev–Trinajstić information content (AvgIpc) is 2.53. The fourth-order valence-corrected chi connectivity index (χ4v) is 2.97. The molecule has 5 nitrogen and oxygen atoms in total. The Morgan fingerprint density at radius 3 is 2.12 bits per heavy atom. The van der Waals surface area contributed by atoms with Gasteiger partial charge in [0.1, 0.15) is 21.6 Å². The van der Waals surface area contributed by atoms with E-state index < -0.39 is 10.1 Å². The number of hydrogen-bond donors (Lipinski definition) is 0. The molecule has 0 fully saturated rings. The van der Waals surface area contributed by atoms with Crippen molar-refractivity contribution in [2.75, 3.05) is 13.2 Å². The molecule has 0 saturated carbocycles. The van der Waals surface area contributed by atoms with Gasteiger partial charge in [0.05, 0.1) is 18.1 Å². The van der Waals surface area contributed by atoms with E-state index in [4.69, 9.17) is 9.47 Å². The lowest BCUT2D eigenvalue weighted by atomic mass is 10.1. The molecular weight excluding hydrogens is 352 g/mol. The Balaban J connectivity index is 2.36. The standard InChI is InChI=1S/C20H28O5S/c1-14(2)7-9-24-17-6-5-16-11-18(26(21,22)23)13-20(19(16)12-17)25-10-8-15(3)4/h5-6,11-15H,7-10H2,1-4H3,(H,21,22,23)/p-1. The Morgan fingerprint density at radius 1 is 0.923 bits per heavy atom. The van der Waals surface area contributed by atoms with E-state index in [1.165, 1.54) is 12.1 Å². The van der Waals surface area contributed by atoms with Gasteiger partial charge in [0, 0.05) is 5.39 Å². The SMILES string of the molecule is CC(C)CCOc1ccc2cc(S(=O)(=O)[O-])cc(OCCC(C)C)c2c1. The number of rotatable bonds is 9. The Morgan fingerprint density at radius 2 is 1.54 bits per heavy atom. The third-order valence-electron chi connectivity index (χ3n) is 4.07. The Hall–Kier alpha value is -1.79. The van der Waals surface area contributed by atoms with Crippen molar-refractivity contribution >= 4 is 20.9 Å². The molecule has 0 aliphatic heterocycles. The monoisotopic (exact) mass is 379 g/mol. The molecule has 2 rings (SSSR count). The molecule has 0 aliphatic rings. The summed E-state index contributed by atoms with van der Waals surface area (Å²) in [5.41, 5.74) is 0. The highest BCUT2D eigenvalue weighted by Gasteiger charge is 2.11. The van der Waals surface area contributed by atoms with Crippen molar-refractivity contribution in [1.29, 1.82) is 0 Å². The number of benzene rings is 2. The Kier molecular flexibility index (Phi) is 6.89. The van der Waals surface area contributed by atoms with Gasteiger partial charge in [0.2, 0.25) is 0 Å². The predicted octanol–water partition coefficient (Wildman–Crippen LogP) is 4.59. The lowest BCUT2D eigenvalue weighted by Gasteiger charge is -2.16. The molecule has 0 aliphatic carbocycles. The van der Waals surface area contributed by atoms with E-state index >= 15 is 0 Å². The zero-order valence-electron chi connectivity index (χ0n) is 15.8. The summed E-state index contributed by atoms with van der Waals surface area (Å²) in [6.45, 7) is 9.50. The summed E-state index contributed by atoms with van der Waals surface area (Å²) in [5, 5.41) is 1.38. The molecule has 0 aromatic heterocycles. The summed E-state index contributed by atoms with van der Waals surface area (Å²) < 4.78 is 45.9.